The number of anilines is 1. The first-order valence-corrected chi connectivity index (χ1v) is 8.60. The van der Waals surface area contributed by atoms with Gasteiger partial charge in [0.1, 0.15) is 11.5 Å². The minimum atomic E-state index is 0.539. The molecule has 25 heavy (non-hydrogen) atoms. The predicted octanol–water partition coefficient (Wildman–Crippen LogP) is 5.62. The topological polar surface area (TPSA) is 33.3 Å². The molecule has 0 saturated carbocycles. The molecule has 0 atom stereocenters. The zero-order valence-electron chi connectivity index (χ0n) is 13.4. The van der Waals surface area contributed by atoms with Crippen LogP contribution in [-0.4, -0.2) is 5.11 Å². The lowest BCUT2D eigenvalue weighted by atomic mass is 10.2. The van der Waals surface area contributed by atoms with E-state index in [1.807, 2.05) is 78.9 Å². The van der Waals surface area contributed by atoms with Crippen molar-refractivity contribution in [2.24, 2.45) is 0 Å². The van der Waals surface area contributed by atoms with E-state index in [4.69, 9.17) is 28.6 Å². The van der Waals surface area contributed by atoms with Crippen LogP contribution in [0, 0.1) is 0 Å². The highest BCUT2D eigenvalue weighted by Gasteiger charge is 2.02. The molecule has 0 amide bonds. The molecular weight excluding hydrogens is 352 g/mol. The van der Waals surface area contributed by atoms with Crippen molar-refractivity contribution in [3.05, 3.63) is 89.4 Å². The van der Waals surface area contributed by atoms with Gasteiger partial charge in [0.2, 0.25) is 0 Å². The van der Waals surface area contributed by atoms with Gasteiger partial charge >= 0.3 is 0 Å². The lowest BCUT2D eigenvalue weighted by Gasteiger charge is -2.12. The first-order valence-electron chi connectivity index (χ1n) is 7.82. The third kappa shape index (κ3) is 5.21. The summed E-state index contributed by atoms with van der Waals surface area (Å²) >= 11 is 11.5. The van der Waals surface area contributed by atoms with Gasteiger partial charge in [-0.15, -0.1) is 0 Å². The second-order valence-electron chi connectivity index (χ2n) is 5.34. The van der Waals surface area contributed by atoms with E-state index in [1.54, 1.807) is 0 Å². The minimum absolute atomic E-state index is 0.539. The van der Waals surface area contributed by atoms with E-state index in [2.05, 4.69) is 10.6 Å². The summed E-state index contributed by atoms with van der Waals surface area (Å²) in [7, 11) is 0. The van der Waals surface area contributed by atoms with Crippen LogP contribution in [0.2, 0.25) is 5.02 Å². The van der Waals surface area contributed by atoms with E-state index >= 15 is 0 Å². The molecule has 3 nitrogen and oxygen atoms in total. The van der Waals surface area contributed by atoms with E-state index in [0.29, 0.717) is 11.7 Å². The van der Waals surface area contributed by atoms with E-state index in [1.165, 1.54) is 0 Å². The van der Waals surface area contributed by atoms with Crippen LogP contribution in [0.3, 0.4) is 0 Å². The van der Waals surface area contributed by atoms with Gasteiger partial charge < -0.3 is 15.4 Å². The second-order valence-corrected chi connectivity index (χ2v) is 6.15. The van der Waals surface area contributed by atoms with Gasteiger partial charge in [-0.3, -0.25) is 0 Å². The average molecular weight is 369 g/mol. The van der Waals surface area contributed by atoms with Crippen molar-refractivity contribution in [1.29, 1.82) is 0 Å². The molecule has 126 valence electrons. The van der Waals surface area contributed by atoms with Crippen molar-refractivity contribution in [1.82, 2.24) is 5.32 Å². The van der Waals surface area contributed by atoms with Gasteiger partial charge in [0, 0.05) is 17.3 Å². The SMILES string of the molecule is S=C(NCc1ccccc1Cl)Nc1ccc(Oc2ccccc2)cc1. The number of hydrogen-bond acceptors (Lipinski definition) is 2. The molecule has 0 aliphatic heterocycles. The summed E-state index contributed by atoms with van der Waals surface area (Å²) in [6.45, 7) is 0.570. The number of hydrogen-bond donors (Lipinski definition) is 2. The summed E-state index contributed by atoms with van der Waals surface area (Å²) in [5.74, 6) is 1.58. The number of rotatable bonds is 5. The highest BCUT2D eigenvalue weighted by molar-refractivity contribution is 7.80. The summed E-state index contributed by atoms with van der Waals surface area (Å²) in [5.41, 5.74) is 1.89. The lowest BCUT2D eigenvalue weighted by Crippen LogP contribution is -2.27. The second kappa shape index (κ2) is 8.51. The average Bonchev–Trinajstić information content (AvgIpc) is 2.64. The fraction of sp³-hybridized carbons (Fsp3) is 0.0500. The van der Waals surface area contributed by atoms with Gasteiger partial charge in [-0.1, -0.05) is 48.0 Å². The van der Waals surface area contributed by atoms with Gasteiger partial charge in [0.15, 0.2) is 5.11 Å². The highest BCUT2D eigenvalue weighted by atomic mass is 35.5. The molecule has 0 spiro atoms. The van der Waals surface area contributed by atoms with Crippen molar-refractivity contribution < 1.29 is 4.74 Å². The quantitative estimate of drug-likeness (QED) is 0.573. The smallest absolute Gasteiger partial charge is 0.171 e. The molecule has 0 saturated heterocycles. The molecule has 0 aliphatic carbocycles. The Bertz CT molecular complexity index is 838. The number of para-hydroxylation sites is 1. The fourth-order valence-electron chi connectivity index (χ4n) is 2.22. The predicted molar refractivity (Wildman–Crippen MR) is 107 cm³/mol. The Balaban J connectivity index is 1.52. The van der Waals surface area contributed by atoms with E-state index in [-0.39, 0.29) is 0 Å². The van der Waals surface area contributed by atoms with E-state index in [0.717, 1.165) is 27.8 Å². The summed E-state index contributed by atoms with van der Waals surface area (Å²) in [6, 6.07) is 25.0. The van der Waals surface area contributed by atoms with Gasteiger partial charge in [-0.25, -0.2) is 0 Å². The number of nitrogens with one attached hydrogen (secondary N) is 2. The standard InChI is InChI=1S/C20H17ClN2OS/c21-19-9-5-4-6-15(19)14-22-20(25)23-16-10-12-18(13-11-16)24-17-7-2-1-3-8-17/h1-13H,14H2,(H2,22,23,25). The number of ether oxygens (including phenoxy) is 1. The van der Waals surface area contributed by atoms with Crippen LogP contribution >= 0.6 is 23.8 Å². The Kier molecular flexibility index (Phi) is 5.88. The maximum atomic E-state index is 6.13. The highest BCUT2D eigenvalue weighted by Crippen LogP contribution is 2.22. The van der Waals surface area contributed by atoms with Crippen LogP contribution < -0.4 is 15.4 Å². The molecule has 0 bridgehead atoms. The zero-order chi connectivity index (χ0) is 17.5. The summed E-state index contributed by atoms with van der Waals surface area (Å²) in [5, 5.41) is 7.55. The molecule has 3 aromatic rings. The molecule has 0 unspecified atom stereocenters. The Morgan fingerprint density at radius 3 is 2.20 bits per heavy atom. The molecular formula is C20H17ClN2OS. The van der Waals surface area contributed by atoms with Crippen LogP contribution in [-0.2, 0) is 6.54 Å². The van der Waals surface area contributed by atoms with Crippen LogP contribution in [0.25, 0.3) is 0 Å². The lowest BCUT2D eigenvalue weighted by molar-refractivity contribution is 0.483. The van der Waals surface area contributed by atoms with Crippen LogP contribution in [0.1, 0.15) is 5.56 Å². The molecule has 0 heterocycles. The monoisotopic (exact) mass is 368 g/mol. The van der Waals surface area contributed by atoms with Crippen molar-refractivity contribution in [2.75, 3.05) is 5.32 Å². The molecule has 0 radical (unpaired) electrons. The van der Waals surface area contributed by atoms with E-state index in [9.17, 15) is 0 Å². The fourth-order valence-corrected chi connectivity index (χ4v) is 2.62. The molecule has 3 rings (SSSR count). The Hall–Kier alpha value is -2.56. The van der Waals surface area contributed by atoms with Crippen LogP contribution in [0.15, 0.2) is 78.9 Å². The molecule has 0 aliphatic rings. The molecule has 5 heteroatoms. The third-order valence-corrected chi connectivity index (χ3v) is 4.10. The summed E-state index contributed by atoms with van der Waals surface area (Å²) in [4.78, 5) is 0. The number of halogens is 1. The Labute approximate surface area is 157 Å². The first-order chi connectivity index (χ1) is 12.2. The number of benzene rings is 3. The maximum Gasteiger partial charge on any atom is 0.171 e. The zero-order valence-corrected chi connectivity index (χ0v) is 15.0. The van der Waals surface area contributed by atoms with Crippen LogP contribution in [0.4, 0.5) is 5.69 Å². The minimum Gasteiger partial charge on any atom is -0.457 e. The largest absolute Gasteiger partial charge is 0.457 e. The van der Waals surface area contributed by atoms with Gasteiger partial charge in [-0.05, 0) is 60.2 Å². The number of thiocarbonyl (C=S) groups is 1. The summed E-state index contributed by atoms with van der Waals surface area (Å²) in [6.07, 6.45) is 0. The summed E-state index contributed by atoms with van der Waals surface area (Å²) < 4.78 is 5.77. The Morgan fingerprint density at radius 1 is 0.840 bits per heavy atom. The van der Waals surface area contributed by atoms with Gasteiger partial charge in [0.25, 0.3) is 0 Å². The molecule has 0 aromatic heterocycles. The maximum absolute atomic E-state index is 6.13. The van der Waals surface area contributed by atoms with Crippen LogP contribution in [0.5, 0.6) is 11.5 Å². The molecule has 0 fully saturated rings. The van der Waals surface area contributed by atoms with Gasteiger partial charge in [-0.2, -0.15) is 0 Å². The Morgan fingerprint density at radius 2 is 1.48 bits per heavy atom. The third-order valence-electron chi connectivity index (χ3n) is 3.49. The normalized spacial score (nSPS) is 10.1. The van der Waals surface area contributed by atoms with Gasteiger partial charge in [0.05, 0.1) is 0 Å². The van der Waals surface area contributed by atoms with Crippen molar-refractivity contribution in [2.45, 2.75) is 6.54 Å². The van der Waals surface area contributed by atoms with E-state index < -0.39 is 0 Å². The first kappa shape index (κ1) is 17.3. The van der Waals surface area contributed by atoms with Crippen molar-refractivity contribution >= 4 is 34.6 Å². The molecule has 2 N–H and O–H groups in total. The van der Waals surface area contributed by atoms with Crippen molar-refractivity contribution in [3.8, 4) is 11.5 Å². The molecule has 3 aromatic carbocycles. The van der Waals surface area contributed by atoms with Crippen molar-refractivity contribution in [3.63, 3.8) is 0 Å².